The summed E-state index contributed by atoms with van der Waals surface area (Å²) in [5, 5.41) is 13.9. The normalized spacial score (nSPS) is 13.0. The number of aromatic nitrogens is 2. The lowest BCUT2D eigenvalue weighted by Gasteiger charge is -2.15. The van der Waals surface area contributed by atoms with Crippen LogP contribution in [0.1, 0.15) is 16.1 Å². The van der Waals surface area contributed by atoms with E-state index in [1.54, 1.807) is 18.4 Å². The predicted octanol–water partition coefficient (Wildman–Crippen LogP) is 1.74. The maximum absolute atomic E-state index is 12.3. The van der Waals surface area contributed by atoms with Crippen LogP contribution in [0.15, 0.2) is 17.6 Å². The SMILES string of the molecule is COCC(CCO)NC(=O)c1cc2c(nc3sccn32)s1. The van der Waals surface area contributed by atoms with Gasteiger partial charge in [-0.1, -0.05) is 0 Å². The van der Waals surface area contributed by atoms with Gasteiger partial charge in [-0.05, 0) is 12.5 Å². The Morgan fingerprint density at radius 3 is 3.24 bits per heavy atom. The fourth-order valence-electron chi connectivity index (χ4n) is 2.17. The second kappa shape index (κ2) is 6.10. The number of nitrogens with one attached hydrogen (secondary N) is 1. The molecular formula is C13H15N3O3S2. The van der Waals surface area contributed by atoms with Crippen molar-refractivity contribution in [2.75, 3.05) is 20.3 Å². The third-order valence-corrected chi connectivity index (χ3v) is 4.92. The first-order chi connectivity index (χ1) is 10.2. The average molecular weight is 325 g/mol. The van der Waals surface area contributed by atoms with Crippen LogP contribution >= 0.6 is 22.7 Å². The molecule has 0 aliphatic carbocycles. The van der Waals surface area contributed by atoms with Gasteiger partial charge >= 0.3 is 0 Å². The Morgan fingerprint density at radius 1 is 1.62 bits per heavy atom. The van der Waals surface area contributed by atoms with E-state index in [0.29, 0.717) is 17.9 Å². The van der Waals surface area contributed by atoms with Crippen LogP contribution in [-0.4, -0.2) is 46.8 Å². The number of aliphatic hydroxyl groups is 1. The van der Waals surface area contributed by atoms with Crippen molar-refractivity contribution in [1.82, 2.24) is 14.7 Å². The largest absolute Gasteiger partial charge is 0.396 e. The van der Waals surface area contributed by atoms with Gasteiger partial charge in [0.1, 0.15) is 4.83 Å². The third-order valence-electron chi connectivity index (χ3n) is 3.14. The van der Waals surface area contributed by atoms with Crippen LogP contribution in [-0.2, 0) is 4.74 Å². The van der Waals surface area contributed by atoms with Gasteiger partial charge in [0.15, 0.2) is 4.96 Å². The summed E-state index contributed by atoms with van der Waals surface area (Å²) in [7, 11) is 1.57. The molecule has 0 saturated carbocycles. The van der Waals surface area contributed by atoms with Crippen LogP contribution in [0.25, 0.3) is 15.3 Å². The first-order valence-corrected chi connectivity index (χ1v) is 8.18. The van der Waals surface area contributed by atoms with E-state index in [0.717, 1.165) is 15.3 Å². The zero-order valence-electron chi connectivity index (χ0n) is 11.4. The molecule has 0 fully saturated rings. The monoisotopic (exact) mass is 325 g/mol. The van der Waals surface area contributed by atoms with Gasteiger partial charge in [0, 0.05) is 25.3 Å². The second-order valence-electron chi connectivity index (χ2n) is 4.61. The van der Waals surface area contributed by atoms with E-state index < -0.39 is 0 Å². The number of methoxy groups -OCH3 is 1. The lowest BCUT2D eigenvalue weighted by molar-refractivity contribution is 0.0883. The molecule has 0 aliphatic rings. The number of thiazole rings is 1. The molecule has 6 nitrogen and oxygen atoms in total. The van der Waals surface area contributed by atoms with E-state index in [-0.39, 0.29) is 18.6 Å². The number of rotatable bonds is 6. The summed E-state index contributed by atoms with van der Waals surface area (Å²) in [6.45, 7) is 0.393. The molecule has 2 N–H and O–H groups in total. The van der Waals surface area contributed by atoms with Crippen LogP contribution in [0, 0.1) is 0 Å². The summed E-state index contributed by atoms with van der Waals surface area (Å²) in [6.07, 6.45) is 2.42. The van der Waals surface area contributed by atoms with Crippen LogP contribution in [0.2, 0.25) is 0 Å². The van der Waals surface area contributed by atoms with Crippen LogP contribution < -0.4 is 5.32 Å². The molecule has 0 spiro atoms. The fraction of sp³-hybridized carbons (Fsp3) is 0.385. The molecule has 0 aliphatic heterocycles. The quantitative estimate of drug-likeness (QED) is 0.724. The highest BCUT2D eigenvalue weighted by Crippen LogP contribution is 2.28. The predicted molar refractivity (Wildman–Crippen MR) is 83.3 cm³/mol. The number of fused-ring (bicyclic) bond motifs is 3. The minimum Gasteiger partial charge on any atom is -0.396 e. The van der Waals surface area contributed by atoms with Gasteiger partial charge < -0.3 is 15.2 Å². The van der Waals surface area contributed by atoms with E-state index >= 15 is 0 Å². The van der Waals surface area contributed by atoms with Gasteiger partial charge in [-0.15, -0.1) is 22.7 Å². The van der Waals surface area contributed by atoms with Gasteiger partial charge in [-0.2, -0.15) is 0 Å². The van der Waals surface area contributed by atoms with E-state index in [4.69, 9.17) is 9.84 Å². The van der Waals surface area contributed by atoms with E-state index in [1.807, 2.05) is 22.0 Å². The van der Waals surface area contributed by atoms with Crippen molar-refractivity contribution in [2.24, 2.45) is 0 Å². The van der Waals surface area contributed by atoms with Crippen molar-refractivity contribution in [2.45, 2.75) is 12.5 Å². The highest BCUT2D eigenvalue weighted by atomic mass is 32.1. The molecule has 1 atom stereocenters. The molecule has 21 heavy (non-hydrogen) atoms. The first kappa shape index (κ1) is 14.5. The van der Waals surface area contributed by atoms with Gasteiger partial charge in [-0.3, -0.25) is 9.20 Å². The van der Waals surface area contributed by atoms with Crippen molar-refractivity contribution in [3.05, 3.63) is 22.5 Å². The maximum Gasteiger partial charge on any atom is 0.261 e. The third kappa shape index (κ3) is 2.80. The molecule has 0 aromatic carbocycles. The minimum absolute atomic E-state index is 0.0126. The summed E-state index contributed by atoms with van der Waals surface area (Å²) in [6, 6.07) is 1.66. The second-order valence-corrected chi connectivity index (χ2v) is 6.51. The number of thiophene rings is 1. The molecule has 3 heterocycles. The van der Waals surface area contributed by atoms with Crippen molar-refractivity contribution in [3.63, 3.8) is 0 Å². The number of carbonyl (C=O) groups is 1. The topological polar surface area (TPSA) is 75.9 Å². The number of nitrogens with zero attached hydrogens (tertiary/aromatic N) is 2. The molecular weight excluding hydrogens is 310 g/mol. The zero-order valence-corrected chi connectivity index (χ0v) is 13.0. The highest BCUT2D eigenvalue weighted by Gasteiger charge is 2.18. The van der Waals surface area contributed by atoms with Crippen molar-refractivity contribution >= 4 is 43.9 Å². The van der Waals surface area contributed by atoms with Gasteiger partial charge in [-0.25, -0.2) is 4.98 Å². The summed E-state index contributed by atoms with van der Waals surface area (Å²) in [4.78, 5) is 19.2. The molecule has 112 valence electrons. The number of ether oxygens (including phenoxy) is 1. The number of hydrogen-bond acceptors (Lipinski definition) is 6. The summed E-state index contributed by atoms with van der Waals surface area (Å²) in [5.41, 5.74) is 0.951. The van der Waals surface area contributed by atoms with Crippen molar-refractivity contribution in [3.8, 4) is 0 Å². The number of imidazole rings is 1. The number of amides is 1. The number of hydrogen-bond donors (Lipinski definition) is 2. The van der Waals surface area contributed by atoms with E-state index in [9.17, 15) is 4.79 Å². The molecule has 8 heteroatoms. The van der Waals surface area contributed by atoms with Crippen LogP contribution in [0.4, 0.5) is 0 Å². The lowest BCUT2D eigenvalue weighted by Crippen LogP contribution is -2.38. The number of carbonyl (C=O) groups excluding carboxylic acids is 1. The van der Waals surface area contributed by atoms with E-state index in [1.165, 1.54) is 11.3 Å². The van der Waals surface area contributed by atoms with Gasteiger partial charge in [0.25, 0.3) is 5.91 Å². The van der Waals surface area contributed by atoms with Gasteiger partial charge in [0.2, 0.25) is 0 Å². The molecule has 1 unspecified atom stereocenters. The molecule has 3 aromatic rings. The smallest absolute Gasteiger partial charge is 0.261 e. The average Bonchev–Trinajstić information content (AvgIpc) is 3.10. The molecule has 0 bridgehead atoms. The maximum atomic E-state index is 12.3. The van der Waals surface area contributed by atoms with Crippen molar-refractivity contribution in [1.29, 1.82) is 0 Å². The molecule has 0 saturated heterocycles. The van der Waals surface area contributed by atoms with E-state index in [2.05, 4.69) is 10.3 Å². The highest BCUT2D eigenvalue weighted by molar-refractivity contribution is 7.21. The Hall–Kier alpha value is -1.48. The van der Waals surface area contributed by atoms with Gasteiger partial charge in [0.05, 0.1) is 23.0 Å². The minimum atomic E-state index is -0.189. The fourth-order valence-corrected chi connectivity index (χ4v) is 3.87. The Balaban J connectivity index is 1.81. The van der Waals surface area contributed by atoms with Crippen molar-refractivity contribution < 1.29 is 14.6 Å². The standard InChI is InChI=1S/C13H15N3O3S2/c1-19-7-8(2-4-17)14-11(18)10-6-9-12(21-10)15-13-16(9)3-5-20-13/h3,5-6,8,17H,2,4,7H2,1H3,(H,14,18). The first-order valence-electron chi connectivity index (χ1n) is 6.48. The summed E-state index contributed by atoms with van der Waals surface area (Å²) >= 11 is 2.94. The molecule has 3 rings (SSSR count). The molecule has 1 amide bonds. The Kier molecular flexibility index (Phi) is 4.20. The Morgan fingerprint density at radius 2 is 2.48 bits per heavy atom. The zero-order chi connectivity index (χ0) is 14.8. The number of aliphatic hydroxyl groups excluding tert-OH is 1. The summed E-state index contributed by atoms with van der Waals surface area (Å²) in [5.74, 6) is -0.155. The molecule has 3 aromatic heterocycles. The molecule has 0 radical (unpaired) electrons. The Labute approximate surface area is 129 Å². The lowest BCUT2D eigenvalue weighted by atomic mass is 10.2. The Bertz CT molecular complexity index is 755. The van der Waals surface area contributed by atoms with Crippen LogP contribution in [0.5, 0.6) is 0 Å². The summed E-state index contributed by atoms with van der Waals surface area (Å²) < 4.78 is 7.03. The van der Waals surface area contributed by atoms with Crippen LogP contribution in [0.3, 0.4) is 0 Å².